The first-order valence-electron chi connectivity index (χ1n) is 6.24. The number of hydrogen-bond donors (Lipinski definition) is 2. The maximum absolute atomic E-state index is 11.8. The Morgan fingerprint density at radius 3 is 2.79 bits per heavy atom. The highest BCUT2D eigenvalue weighted by molar-refractivity contribution is 7.84. The second-order valence-electron chi connectivity index (χ2n) is 3.85. The molecule has 19 heavy (non-hydrogen) atoms. The minimum absolute atomic E-state index is 0.312. The van der Waals surface area contributed by atoms with Gasteiger partial charge >= 0.3 is 5.97 Å². The van der Waals surface area contributed by atoms with Gasteiger partial charge in [0.05, 0.1) is 23.5 Å². The fraction of sp³-hybridized carbons (Fsp3) is 0.462. The van der Waals surface area contributed by atoms with Gasteiger partial charge < -0.3 is 15.8 Å². The summed E-state index contributed by atoms with van der Waals surface area (Å²) in [6.07, 6.45) is 0. The predicted molar refractivity (Wildman–Crippen MR) is 78.9 cm³/mol. The second kappa shape index (κ2) is 7.78. The number of nitrogens with one attached hydrogen (secondary N) is 1. The van der Waals surface area contributed by atoms with Gasteiger partial charge in [-0.2, -0.15) is 0 Å². The summed E-state index contributed by atoms with van der Waals surface area (Å²) >= 11 is 0. The van der Waals surface area contributed by atoms with Crippen molar-refractivity contribution < 1.29 is 13.7 Å². The third-order valence-electron chi connectivity index (χ3n) is 2.55. The van der Waals surface area contributed by atoms with E-state index in [9.17, 15) is 9.00 Å². The average molecular weight is 284 g/mol. The SMILES string of the molecule is CCOC(=O)c1cccc(N)c1NCCS(=O)CC. The molecular weight excluding hydrogens is 264 g/mol. The van der Waals surface area contributed by atoms with Crippen LogP contribution in [0.25, 0.3) is 0 Å². The molecule has 1 aromatic carbocycles. The molecule has 106 valence electrons. The summed E-state index contributed by atoms with van der Waals surface area (Å²) in [5, 5.41) is 3.07. The van der Waals surface area contributed by atoms with Gasteiger partial charge in [-0.15, -0.1) is 0 Å². The zero-order valence-electron chi connectivity index (χ0n) is 11.3. The number of nitrogen functional groups attached to an aromatic ring is 1. The number of carbonyl (C=O) groups excluding carboxylic acids is 1. The summed E-state index contributed by atoms with van der Waals surface area (Å²) in [4.78, 5) is 11.8. The summed E-state index contributed by atoms with van der Waals surface area (Å²) in [6.45, 7) is 4.44. The molecule has 0 fully saturated rings. The Hall–Kier alpha value is -1.56. The van der Waals surface area contributed by atoms with E-state index in [2.05, 4.69) is 5.32 Å². The van der Waals surface area contributed by atoms with Crippen LogP contribution < -0.4 is 11.1 Å². The summed E-state index contributed by atoms with van der Waals surface area (Å²) < 4.78 is 16.3. The Labute approximate surface area is 116 Å². The highest BCUT2D eigenvalue weighted by Gasteiger charge is 2.14. The van der Waals surface area contributed by atoms with Crippen LogP contribution in [0.3, 0.4) is 0 Å². The van der Waals surface area contributed by atoms with Crippen LogP contribution in [0.1, 0.15) is 24.2 Å². The van der Waals surface area contributed by atoms with E-state index < -0.39 is 16.8 Å². The number of hydrogen-bond acceptors (Lipinski definition) is 5. The molecule has 0 aliphatic heterocycles. The van der Waals surface area contributed by atoms with Crippen LogP contribution in [0.4, 0.5) is 11.4 Å². The molecule has 0 saturated carbocycles. The molecule has 0 radical (unpaired) electrons. The van der Waals surface area contributed by atoms with Gasteiger partial charge in [0.15, 0.2) is 0 Å². The van der Waals surface area contributed by atoms with Crippen LogP contribution in [0, 0.1) is 0 Å². The van der Waals surface area contributed by atoms with Crippen LogP contribution >= 0.6 is 0 Å². The third kappa shape index (κ3) is 4.55. The molecule has 1 aromatic rings. The molecule has 6 heteroatoms. The molecule has 0 aromatic heterocycles. The third-order valence-corrected chi connectivity index (χ3v) is 3.85. The molecule has 1 rings (SSSR count). The number of ether oxygens (including phenoxy) is 1. The molecule has 3 N–H and O–H groups in total. The van der Waals surface area contributed by atoms with Crippen molar-refractivity contribution in [2.75, 3.05) is 35.7 Å². The molecule has 1 atom stereocenters. The number of carbonyl (C=O) groups is 1. The Bertz CT molecular complexity index is 463. The minimum atomic E-state index is -0.847. The lowest BCUT2D eigenvalue weighted by Crippen LogP contribution is -2.16. The van der Waals surface area contributed by atoms with Gasteiger partial charge in [-0.05, 0) is 19.1 Å². The topological polar surface area (TPSA) is 81.4 Å². The molecule has 1 unspecified atom stereocenters. The fourth-order valence-electron chi connectivity index (χ4n) is 1.58. The van der Waals surface area contributed by atoms with Gasteiger partial charge in [0.2, 0.25) is 0 Å². The van der Waals surface area contributed by atoms with Crippen molar-refractivity contribution in [2.24, 2.45) is 0 Å². The fourth-order valence-corrected chi connectivity index (χ4v) is 2.20. The first-order valence-corrected chi connectivity index (χ1v) is 7.73. The zero-order valence-corrected chi connectivity index (χ0v) is 12.1. The van der Waals surface area contributed by atoms with Crippen LogP contribution in [0.15, 0.2) is 18.2 Å². The van der Waals surface area contributed by atoms with E-state index in [-0.39, 0.29) is 0 Å². The van der Waals surface area contributed by atoms with Gasteiger partial charge in [0, 0.05) is 28.9 Å². The number of nitrogens with two attached hydrogens (primary N) is 1. The van der Waals surface area contributed by atoms with Crippen LogP contribution in [0.5, 0.6) is 0 Å². The number of rotatable bonds is 7. The van der Waals surface area contributed by atoms with Crippen LogP contribution in [-0.2, 0) is 15.5 Å². The number of para-hydroxylation sites is 1. The Morgan fingerprint density at radius 1 is 1.42 bits per heavy atom. The molecule has 0 heterocycles. The highest BCUT2D eigenvalue weighted by atomic mass is 32.2. The molecule has 5 nitrogen and oxygen atoms in total. The largest absolute Gasteiger partial charge is 0.462 e. The van der Waals surface area contributed by atoms with E-state index in [1.54, 1.807) is 25.1 Å². The van der Waals surface area contributed by atoms with Crippen molar-refractivity contribution in [1.82, 2.24) is 0 Å². The maximum Gasteiger partial charge on any atom is 0.340 e. The standard InChI is InChI=1S/C13H20N2O3S/c1-3-18-13(16)10-6-5-7-11(14)12(10)15-8-9-19(17)4-2/h5-7,15H,3-4,8-9,14H2,1-2H3. The second-order valence-corrected chi connectivity index (χ2v) is 5.71. The quantitative estimate of drug-likeness (QED) is 0.587. The molecule has 0 spiro atoms. The van der Waals surface area contributed by atoms with Crippen LogP contribution in [-0.4, -0.2) is 34.8 Å². The Balaban J connectivity index is 2.80. The minimum Gasteiger partial charge on any atom is -0.462 e. The molecular formula is C13H20N2O3S. The molecule has 0 amide bonds. The number of benzene rings is 1. The summed E-state index contributed by atoms with van der Waals surface area (Å²) in [5.41, 5.74) is 7.29. The Kier molecular flexibility index (Phi) is 6.35. The lowest BCUT2D eigenvalue weighted by Gasteiger charge is -2.13. The normalized spacial score (nSPS) is 11.9. The van der Waals surface area contributed by atoms with Gasteiger partial charge in [0.25, 0.3) is 0 Å². The molecule has 0 saturated heterocycles. The lowest BCUT2D eigenvalue weighted by molar-refractivity contribution is 0.0527. The van der Waals surface area contributed by atoms with Crippen molar-refractivity contribution >= 4 is 28.1 Å². The molecule has 0 aliphatic rings. The molecule has 0 bridgehead atoms. The molecule has 0 aliphatic carbocycles. The highest BCUT2D eigenvalue weighted by Crippen LogP contribution is 2.24. The first kappa shape index (κ1) is 15.5. The van der Waals surface area contributed by atoms with Crippen molar-refractivity contribution in [1.29, 1.82) is 0 Å². The number of esters is 1. The Morgan fingerprint density at radius 2 is 2.16 bits per heavy atom. The van der Waals surface area contributed by atoms with Crippen molar-refractivity contribution in [3.8, 4) is 0 Å². The number of anilines is 2. The first-order chi connectivity index (χ1) is 9.10. The average Bonchev–Trinajstić information content (AvgIpc) is 2.40. The summed E-state index contributed by atoms with van der Waals surface area (Å²) in [6, 6.07) is 5.08. The van der Waals surface area contributed by atoms with Crippen molar-refractivity contribution in [3.05, 3.63) is 23.8 Å². The van der Waals surface area contributed by atoms with E-state index >= 15 is 0 Å². The van der Waals surface area contributed by atoms with E-state index in [0.717, 1.165) is 0 Å². The van der Waals surface area contributed by atoms with Gasteiger partial charge in [-0.3, -0.25) is 4.21 Å². The zero-order chi connectivity index (χ0) is 14.3. The summed E-state index contributed by atoms with van der Waals surface area (Å²) in [5.74, 6) is 0.734. The van der Waals surface area contributed by atoms with Crippen LogP contribution in [0.2, 0.25) is 0 Å². The van der Waals surface area contributed by atoms with Gasteiger partial charge in [0.1, 0.15) is 0 Å². The maximum atomic E-state index is 11.8. The van der Waals surface area contributed by atoms with E-state index in [1.165, 1.54) is 0 Å². The van der Waals surface area contributed by atoms with E-state index in [0.29, 0.717) is 41.6 Å². The van der Waals surface area contributed by atoms with Gasteiger partial charge in [-0.1, -0.05) is 13.0 Å². The van der Waals surface area contributed by atoms with E-state index in [4.69, 9.17) is 10.5 Å². The van der Waals surface area contributed by atoms with Crippen molar-refractivity contribution in [3.63, 3.8) is 0 Å². The summed E-state index contributed by atoms with van der Waals surface area (Å²) in [7, 11) is -0.847. The van der Waals surface area contributed by atoms with E-state index in [1.807, 2.05) is 6.92 Å². The monoisotopic (exact) mass is 284 g/mol. The van der Waals surface area contributed by atoms with Crippen molar-refractivity contribution in [2.45, 2.75) is 13.8 Å². The smallest absolute Gasteiger partial charge is 0.340 e. The predicted octanol–water partition coefficient (Wildman–Crippen LogP) is 1.63. The van der Waals surface area contributed by atoms with Gasteiger partial charge in [-0.25, -0.2) is 4.79 Å². The lowest BCUT2D eigenvalue weighted by atomic mass is 10.1.